The van der Waals surface area contributed by atoms with E-state index in [-0.39, 0.29) is 18.1 Å². The first-order valence-corrected chi connectivity index (χ1v) is 11.2. The first-order valence-electron chi connectivity index (χ1n) is 11.2. The molecule has 2 aromatic carbocycles. The number of ether oxygens (including phenoxy) is 2. The Balaban J connectivity index is 1.37. The molecular weight excluding hydrogens is 505 g/mol. The van der Waals surface area contributed by atoms with Crippen LogP contribution in [0.1, 0.15) is 23.1 Å². The van der Waals surface area contributed by atoms with E-state index in [2.05, 4.69) is 30.4 Å². The van der Waals surface area contributed by atoms with Crippen LogP contribution < -0.4 is 15.4 Å². The summed E-state index contributed by atoms with van der Waals surface area (Å²) in [6.45, 7) is 3.59. The number of hydrogen-bond acceptors (Lipinski definition) is 7. The van der Waals surface area contributed by atoms with Crippen molar-refractivity contribution < 1.29 is 32.2 Å². The molecule has 4 aromatic rings. The first-order chi connectivity index (χ1) is 18.1. The molecule has 0 radical (unpaired) electrons. The fourth-order valence-electron chi connectivity index (χ4n) is 3.32. The van der Waals surface area contributed by atoms with Gasteiger partial charge in [0.15, 0.2) is 5.82 Å². The van der Waals surface area contributed by atoms with Crippen molar-refractivity contribution in [2.24, 2.45) is 0 Å². The Hall–Kier alpha value is -4.94. The molecule has 0 atom stereocenters. The van der Waals surface area contributed by atoms with Crippen LogP contribution in [0.4, 0.5) is 29.3 Å². The van der Waals surface area contributed by atoms with Gasteiger partial charge in [-0.1, -0.05) is 0 Å². The van der Waals surface area contributed by atoms with E-state index in [4.69, 9.17) is 4.74 Å². The average molecular weight is 526 g/mol. The lowest BCUT2D eigenvalue weighted by Gasteiger charge is -2.11. The number of alkyl halides is 3. The highest BCUT2D eigenvalue weighted by Crippen LogP contribution is 2.24. The van der Waals surface area contributed by atoms with Gasteiger partial charge in [0.1, 0.15) is 17.8 Å². The second-order valence-electron chi connectivity index (χ2n) is 7.76. The van der Waals surface area contributed by atoms with Gasteiger partial charge in [0.25, 0.3) is 0 Å². The highest BCUT2D eigenvalue weighted by Gasteiger charge is 2.31. The maximum atomic E-state index is 12.4. The molecule has 0 aliphatic heterocycles. The van der Waals surface area contributed by atoms with Gasteiger partial charge in [-0.05, 0) is 74.5 Å². The number of nitrogens with one attached hydrogen (secondary N) is 2. The van der Waals surface area contributed by atoms with E-state index in [0.717, 1.165) is 0 Å². The number of benzene rings is 2. The minimum Gasteiger partial charge on any atom is -0.461 e. The van der Waals surface area contributed by atoms with E-state index in [9.17, 15) is 22.8 Å². The summed E-state index contributed by atoms with van der Waals surface area (Å²) in [5.41, 5.74) is 2.67. The molecule has 0 saturated carbocycles. The standard InChI is InChI=1S/C25H21F3N6O4/c1-3-37-23(35)21-13-12-20(15(2)30-21)32-24(36)31-17-6-4-16(5-7-17)22-29-14-34(33-22)18-8-10-19(11-9-18)38-25(26,27)28/h4-14H,3H2,1-2H3,(H2,31,32,36). The number of halogens is 3. The van der Waals surface area contributed by atoms with Gasteiger partial charge in [-0.15, -0.1) is 18.3 Å². The molecule has 0 spiro atoms. The highest BCUT2D eigenvalue weighted by molar-refractivity contribution is 6.00. The normalized spacial score (nSPS) is 11.1. The Morgan fingerprint density at radius 2 is 1.68 bits per heavy atom. The molecular formula is C25H21F3N6O4. The van der Waals surface area contributed by atoms with Crippen LogP contribution in [0, 0.1) is 6.92 Å². The quantitative estimate of drug-likeness (QED) is 0.311. The minimum atomic E-state index is -4.77. The fraction of sp³-hybridized carbons (Fsp3) is 0.160. The van der Waals surface area contributed by atoms with Gasteiger partial charge < -0.3 is 20.1 Å². The van der Waals surface area contributed by atoms with E-state index < -0.39 is 18.4 Å². The van der Waals surface area contributed by atoms with Crippen molar-refractivity contribution in [2.45, 2.75) is 20.2 Å². The Morgan fingerprint density at radius 1 is 0.974 bits per heavy atom. The molecule has 13 heteroatoms. The van der Waals surface area contributed by atoms with E-state index >= 15 is 0 Å². The lowest BCUT2D eigenvalue weighted by molar-refractivity contribution is -0.274. The van der Waals surface area contributed by atoms with Gasteiger partial charge in [0.05, 0.1) is 23.7 Å². The Kier molecular flexibility index (Phi) is 7.55. The number of hydrogen-bond donors (Lipinski definition) is 2. The Morgan fingerprint density at radius 3 is 2.32 bits per heavy atom. The molecule has 38 heavy (non-hydrogen) atoms. The Bertz CT molecular complexity index is 1440. The van der Waals surface area contributed by atoms with E-state index in [1.807, 2.05) is 0 Å². The average Bonchev–Trinajstić information content (AvgIpc) is 3.36. The van der Waals surface area contributed by atoms with Crippen molar-refractivity contribution in [3.63, 3.8) is 0 Å². The highest BCUT2D eigenvalue weighted by atomic mass is 19.4. The molecule has 4 rings (SSSR count). The third-order valence-electron chi connectivity index (χ3n) is 5.05. The summed E-state index contributed by atoms with van der Waals surface area (Å²) in [5, 5.41) is 9.72. The van der Waals surface area contributed by atoms with Crippen LogP contribution in [-0.4, -0.2) is 44.7 Å². The van der Waals surface area contributed by atoms with Crippen LogP contribution in [0.15, 0.2) is 67.0 Å². The first kappa shape index (κ1) is 26.1. The number of esters is 1. The largest absolute Gasteiger partial charge is 0.573 e. The zero-order valence-corrected chi connectivity index (χ0v) is 20.1. The molecule has 0 fully saturated rings. The lowest BCUT2D eigenvalue weighted by atomic mass is 10.2. The predicted octanol–water partition coefficient (Wildman–Crippen LogP) is 5.36. The summed E-state index contributed by atoms with van der Waals surface area (Å²) in [7, 11) is 0. The smallest absolute Gasteiger partial charge is 0.461 e. The summed E-state index contributed by atoms with van der Waals surface area (Å²) in [4.78, 5) is 32.6. The van der Waals surface area contributed by atoms with Crippen LogP contribution in [0.3, 0.4) is 0 Å². The summed E-state index contributed by atoms with van der Waals surface area (Å²) < 4.78 is 47.2. The number of aryl methyl sites for hydroxylation is 1. The summed E-state index contributed by atoms with van der Waals surface area (Å²) in [6.07, 6.45) is -3.34. The van der Waals surface area contributed by atoms with Crippen LogP contribution in [0.2, 0.25) is 0 Å². The molecule has 2 amide bonds. The lowest BCUT2D eigenvalue weighted by Crippen LogP contribution is -2.20. The maximum absolute atomic E-state index is 12.4. The molecule has 2 aromatic heterocycles. The van der Waals surface area contributed by atoms with Crippen LogP contribution >= 0.6 is 0 Å². The number of pyridine rings is 1. The number of amides is 2. The van der Waals surface area contributed by atoms with Crippen LogP contribution in [0.25, 0.3) is 17.1 Å². The molecule has 2 heterocycles. The molecule has 196 valence electrons. The van der Waals surface area contributed by atoms with Gasteiger partial charge in [-0.25, -0.2) is 24.2 Å². The molecule has 0 saturated heterocycles. The molecule has 0 bridgehead atoms. The Labute approximate surface area is 214 Å². The van der Waals surface area contributed by atoms with Crippen molar-refractivity contribution >= 4 is 23.4 Å². The van der Waals surface area contributed by atoms with Crippen molar-refractivity contribution in [3.05, 3.63) is 78.4 Å². The van der Waals surface area contributed by atoms with Gasteiger partial charge >= 0.3 is 18.4 Å². The number of urea groups is 1. The predicted molar refractivity (Wildman–Crippen MR) is 131 cm³/mol. The fourth-order valence-corrected chi connectivity index (χ4v) is 3.32. The maximum Gasteiger partial charge on any atom is 0.573 e. The van der Waals surface area contributed by atoms with Gasteiger partial charge in [0, 0.05) is 11.3 Å². The third-order valence-corrected chi connectivity index (χ3v) is 5.05. The topological polar surface area (TPSA) is 120 Å². The van der Waals surface area contributed by atoms with Gasteiger partial charge in [-0.3, -0.25) is 0 Å². The SMILES string of the molecule is CCOC(=O)c1ccc(NC(=O)Nc2ccc(-c3ncn(-c4ccc(OC(F)(F)F)cc4)n3)cc2)c(C)n1. The summed E-state index contributed by atoms with van der Waals surface area (Å²) in [6, 6.07) is 14.5. The molecule has 0 aliphatic carbocycles. The van der Waals surface area contributed by atoms with Crippen molar-refractivity contribution in [1.29, 1.82) is 0 Å². The number of rotatable bonds is 7. The molecule has 0 unspecified atom stereocenters. The molecule has 2 N–H and O–H groups in total. The van der Waals surface area contributed by atoms with Crippen LogP contribution in [-0.2, 0) is 4.74 Å². The molecule has 10 nitrogen and oxygen atoms in total. The van der Waals surface area contributed by atoms with E-state index in [0.29, 0.717) is 34.1 Å². The summed E-state index contributed by atoms with van der Waals surface area (Å²) >= 11 is 0. The number of carbonyl (C=O) groups excluding carboxylic acids is 2. The zero-order chi connectivity index (χ0) is 27.3. The van der Waals surface area contributed by atoms with E-state index in [1.54, 1.807) is 44.2 Å². The van der Waals surface area contributed by atoms with Crippen LogP contribution in [0.5, 0.6) is 5.75 Å². The zero-order valence-electron chi connectivity index (χ0n) is 20.1. The van der Waals surface area contributed by atoms with Gasteiger partial charge in [0.2, 0.25) is 0 Å². The minimum absolute atomic E-state index is 0.148. The van der Waals surface area contributed by atoms with Gasteiger partial charge in [-0.2, -0.15) is 0 Å². The summed E-state index contributed by atoms with van der Waals surface area (Å²) in [5.74, 6) is -0.506. The second-order valence-corrected chi connectivity index (χ2v) is 7.76. The van der Waals surface area contributed by atoms with Crippen molar-refractivity contribution in [2.75, 3.05) is 17.2 Å². The molecule has 0 aliphatic rings. The monoisotopic (exact) mass is 526 g/mol. The number of carbonyl (C=O) groups is 2. The van der Waals surface area contributed by atoms with E-state index in [1.165, 1.54) is 41.3 Å². The number of aromatic nitrogens is 4. The number of anilines is 2. The van der Waals surface area contributed by atoms with Crippen molar-refractivity contribution in [3.8, 4) is 22.8 Å². The van der Waals surface area contributed by atoms with Crippen molar-refractivity contribution in [1.82, 2.24) is 19.7 Å². The second kappa shape index (κ2) is 11.0. The number of nitrogens with zero attached hydrogens (tertiary/aromatic N) is 4. The third kappa shape index (κ3) is 6.63.